The first-order valence-corrected chi connectivity index (χ1v) is 11.3. The van der Waals surface area contributed by atoms with Gasteiger partial charge < -0.3 is 15.2 Å². The molecule has 8 nitrogen and oxygen atoms in total. The van der Waals surface area contributed by atoms with Crippen LogP contribution in [0.3, 0.4) is 0 Å². The van der Waals surface area contributed by atoms with Crippen molar-refractivity contribution in [2.45, 2.75) is 18.6 Å². The highest BCUT2D eigenvalue weighted by Gasteiger charge is 2.14. The van der Waals surface area contributed by atoms with E-state index in [1.54, 1.807) is 23.7 Å². The standard InChI is InChI=1S/C21H20N6O2S2/c1-13-7-9-14(10-8-13)19(29)22-11-17-25-26-21(27(17)2)30-12-18(28)24-20-23-15-5-3-4-6-16(15)31-20/h3-10H,11-12H2,1-2H3,(H,22,29)(H,23,24,28). The van der Waals surface area contributed by atoms with E-state index in [4.69, 9.17) is 0 Å². The molecule has 2 aromatic carbocycles. The molecule has 2 amide bonds. The maximum atomic E-state index is 12.3. The molecule has 4 aromatic rings. The largest absolute Gasteiger partial charge is 0.345 e. The minimum absolute atomic E-state index is 0.165. The predicted octanol–water partition coefficient (Wildman–Crippen LogP) is 3.39. The highest BCUT2D eigenvalue weighted by atomic mass is 32.2. The molecule has 2 heterocycles. The molecule has 2 aromatic heterocycles. The van der Waals surface area contributed by atoms with E-state index in [0.29, 0.717) is 21.7 Å². The highest BCUT2D eigenvalue weighted by Crippen LogP contribution is 2.25. The Labute approximate surface area is 187 Å². The lowest BCUT2D eigenvalue weighted by molar-refractivity contribution is -0.113. The summed E-state index contributed by atoms with van der Waals surface area (Å²) in [5.41, 5.74) is 2.55. The minimum atomic E-state index is -0.174. The molecular formula is C21H20N6O2S2. The Morgan fingerprint density at radius 1 is 1.10 bits per heavy atom. The van der Waals surface area contributed by atoms with Crippen molar-refractivity contribution in [3.05, 3.63) is 65.5 Å². The summed E-state index contributed by atoms with van der Waals surface area (Å²) in [6.45, 7) is 2.22. The lowest BCUT2D eigenvalue weighted by Gasteiger charge is -2.06. The fourth-order valence-corrected chi connectivity index (χ4v) is 4.41. The molecular weight excluding hydrogens is 432 g/mol. The Morgan fingerprint density at radius 2 is 1.87 bits per heavy atom. The Balaban J connectivity index is 1.30. The molecule has 0 bridgehead atoms. The Hall–Kier alpha value is -3.24. The van der Waals surface area contributed by atoms with E-state index in [9.17, 15) is 9.59 Å². The molecule has 0 atom stereocenters. The van der Waals surface area contributed by atoms with E-state index in [1.807, 2.05) is 43.3 Å². The number of nitrogens with zero attached hydrogens (tertiary/aromatic N) is 4. The average Bonchev–Trinajstić information content (AvgIpc) is 3.33. The van der Waals surface area contributed by atoms with Crippen LogP contribution in [0, 0.1) is 6.92 Å². The van der Waals surface area contributed by atoms with Crippen molar-refractivity contribution in [1.29, 1.82) is 0 Å². The number of thiazole rings is 1. The minimum Gasteiger partial charge on any atom is -0.345 e. The van der Waals surface area contributed by atoms with Gasteiger partial charge in [-0.2, -0.15) is 0 Å². The number of amides is 2. The molecule has 0 aliphatic heterocycles. The lowest BCUT2D eigenvalue weighted by Crippen LogP contribution is -2.24. The molecule has 0 aliphatic rings. The van der Waals surface area contributed by atoms with Crippen LogP contribution in [0.2, 0.25) is 0 Å². The van der Waals surface area contributed by atoms with Gasteiger partial charge in [0.05, 0.1) is 22.5 Å². The third-order valence-electron chi connectivity index (χ3n) is 4.52. The summed E-state index contributed by atoms with van der Waals surface area (Å²) in [5, 5.41) is 15.1. The van der Waals surface area contributed by atoms with Crippen molar-refractivity contribution < 1.29 is 9.59 Å². The summed E-state index contributed by atoms with van der Waals surface area (Å²) in [4.78, 5) is 29.0. The zero-order chi connectivity index (χ0) is 21.8. The monoisotopic (exact) mass is 452 g/mol. The van der Waals surface area contributed by atoms with Gasteiger partial charge in [0, 0.05) is 12.6 Å². The summed E-state index contributed by atoms with van der Waals surface area (Å²) in [6, 6.07) is 15.1. The molecule has 0 saturated carbocycles. The Kier molecular flexibility index (Phi) is 6.28. The van der Waals surface area contributed by atoms with Gasteiger partial charge in [-0.05, 0) is 31.2 Å². The lowest BCUT2D eigenvalue weighted by atomic mass is 10.1. The normalized spacial score (nSPS) is 10.9. The SMILES string of the molecule is Cc1ccc(C(=O)NCc2nnc(SCC(=O)Nc3nc4ccccc4s3)n2C)cc1. The predicted molar refractivity (Wildman–Crippen MR) is 122 cm³/mol. The molecule has 10 heteroatoms. The van der Waals surface area contributed by atoms with Crippen LogP contribution in [0.1, 0.15) is 21.7 Å². The van der Waals surface area contributed by atoms with Crippen LogP contribution < -0.4 is 10.6 Å². The Morgan fingerprint density at radius 3 is 2.65 bits per heavy atom. The van der Waals surface area contributed by atoms with E-state index < -0.39 is 0 Å². The third kappa shape index (κ3) is 5.09. The van der Waals surface area contributed by atoms with E-state index in [0.717, 1.165) is 15.8 Å². The Bertz CT molecular complexity index is 1200. The topological polar surface area (TPSA) is 102 Å². The van der Waals surface area contributed by atoms with Gasteiger partial charge in [0.1, 0.15) is 0 Å². The van der Waals surface area contributed by atoms with Crippen LogP contribution in [-0.2, 0) is 18.4 Å². The molecule has 0 saturated heterocycles. The van der Waals surface area contributed by atoms with Gasteiger partial charge in [0.15, 0.2) is 16.1 Å². The van der Waals surface area contributed by atoms with E-state index >= 15 is 0 Å². The number of anilines is 1. The second kappa shape index (κ2) is 9.27. The quantitative estimate of drug-likeness (QED) is 0.417. The van der Waals surface area contributed by atoms with Gasteiger partial charge >= 0.3 is 0 Å². The van der Waals surface area contributed by atoms with E-state index in [2.05, 4.69) is 25.8 Å². The maximum Gasteiger partial charge on any atom is 0.251 e. The van der Waals surface area contributed by atoms with Gasteiger partial charge in [-0.15, -0.1) is 10.2 Å². The summed E-state index contributed by atoms with van der Waals surface area (Å²) in [5.74, 6) is 0.445. The van der Waals surface area contributed by atoms with Crippen LogP contribution >= 0.6 is 23.1 Å². The number of hydrogen-bond donors (Lipinski definition) is 2. The van der Waals surface area contributed by atoms with Crippen LogP contribution in [-0.4, -0.2) is 37.3 Å². The van der Waals surface area contributed by atoms with Crippen molar-refractivity contribution in [2.75, 3.05) is 11.1 Å². The van der Waals surface area contributed by atoms with Crippen LogP contribution in [0.4, 0.5) is 5.13 Å². The van der Waals surface area contributed by atoms with Crippen molar-refractivity contribution in [3.63, 3.8) is 0 Å². The third-order valence-corrected chi connectivity index (χ3v) is 6.49. The molecule has 0 unspecified atom stereocenters. The number of aromatic nitrogens is 4. The van der Waals surface area contributed by atoms with Crippen LogP contribution in [0.25, 0.3) is 10.2 Å². The number of thioether (sulfide) groups is 1. The van der Waals surface area contributed by atoms with Crippen molar-refractivity contribution in [3.8, 4) is 0 Å². The number of benzene rings is 2. The van der Waals surface area contributed by atoms with Crippen LogP contribution in [0.15, 0.2) is 53.7 Å². The van der Waals surface area contributed by atoms with Crippen molar-refractivity contribution in [2.24, 2.45) is 7.05 Å². The summed E-state index contributed by atoms with van der Waals surface area (Å²) in [7, 11) is 1.81. The van der Waals surface area contributed by atoms with Gasteiger partial charge in [0.2, 0.25) is 5.91 Å². The molecule has 0 fully saturated rings. The number of fused-ring (bicyclic) bond motifs is 1. The van der Waals surface area contributed by atoms with Gasteiger partial charge in [-0.3, -0.25) is 9.59 Å². The number of para-hydroxylation sites is 1. The zero-order valence-corrected chi connectivity index (χ0v) is 18.6. The fraction of sp³-hybridized carbons (Fsp3) is 0.190. The highest BCUT2D eigenvalue weighted by molar-refractivity contribution is 7.99. The average molecular weight is 453 g/mol. The number of rotatable bonds is 7. The second-order valence-corrected chi connectivity index (χ2v) is 8.80. The fourth-order valence-electron chi connectivity index (χ4n) is 2.80. The molecule has 4 rings (SSSR count). The summed E-state index contributed by atoms with van der Waals surface area (Å²) in [6.07, 6.45) is 0. The first kappa shape index (κ1) is 21.0. The molecule has 158 valence electrons. The molecule has 0 radical (unpaired) electrons. The molecule has 31 heavy (non-hydrogen) atoms. The molecule has 2 N–H and O–H groups in total. The number of nitrogens with one attached hydrogen (secondary N) is 2. The zero-order valence-electron chi connectivity index (χ0n) is 17.0. The van der Waals surface area contributed by atoms with Crippen LogP contribution in [0.5, 0.6) is 0 Å². The molecule has 0 spiro atoms. The molecule has 0 aliphatic carbocycles. The number of aryl methyl sites for hydroxylation is 1. The number of carbonyl (C=O) groups is 2. The van der Waals surface area contributed by atoms with Gasteiger partial charge in [0.25, 0.3) is 5.91 Å². The summed E-state index contributed by atoms with van der Waals surface area (Å²) >= 11 is 2.71. The number of carbonyl (C=O) groups excluding carboxylic acids is 2. The first-order valence-electron chi connectivity index (χ1n) is 9.51. The smallest absolute Gasteiger partial charge is 0.251 e. The van der Waals surface area contributed by atoms with E-state index in [1.165, 1.54) is 23.1 Å². The summed E-state index contributed by atoms with van der Waals surface area (Å²) < 4.78 is 2.79. The number of hydrogen-bond acceptors (Lipinski definition) is 7. The van der Waals surface area contributed by atoms with Crippen molar-refractivity contribution in [1.82, 2.24) is 25.1 Å². The van der Waals surface area contributed by atoms with E-state index in [-0.39, 0.29) is 24.1 Å². The van der Waals surface area contributed by atoms with Gasteiger partial charge in [-0.25, -0.2) is 4.98 Å². The van der Waals surface area contributed by atoms with Crippen molar-refractivity contribution >= 4 is 50.3 Å². The second-order valence-electron chi connectivity index (χ2n) is 6.83. The van der Waals surface area contributed by atoms with Gasteiger partial charge in [-0.1, -0.05) is 52.9 Å². The first-order chi connectivity index (χ1) is 15.0. The maximum absolute atomic E-state index is 12.3.